The molecule has 0 bridgehead atoms. The number of Topliss-reactive ketones (excluding diaryl/α,β-unsaturated/α-hetero) is 1. The van der Waals surface area contributed by atoms with Crippen molar-refractivity contribution in [2.45, 2.75) is 65.5 Å². The third kappa shape index (κ3) is 5.63. The summed E-state index contributed by atoms with van der Waals surface area (Å²) in [6, 6.07) is 11.4. The predicted molar refractivity (Wildman–Crippen MR) is 159 cm³/mol. The van der Waals surface area contributed by atoms with Gasteiger partial charge in [0.25, 0.3) is 5.78 Å². The number of aliphatic hydroxyl groups is 1. The van der Waals surface area contributed by atoms with Gasteiger partial charge in [0, 0.05) is 12.0 Å². The van der Waals surface area contributed by atoms with E-state index in [1.165, 1.54) is 4.90 Å². The molecule has 9 nitrogen and oxygen atoms in total. The summed E-state index contributed by atoms with van der Waals surface area (Å²) in [5, 5.41) is 11.8. The lowest BCUT2D eigenvalue weighted by Gasteiger charge is -2.23. The molecule has 1 N–H and O–H groups in total. The van der Waals surface area contributed by atoms with E-state index in [1.54, 1.807) is 50.2 Å². The molecule has 5 rings (SSSR count). The van der Waals surface area contributed by atoms with Gasteiger partial charge in [-0.25, -0.2) is 9.78 Å². The number of aromatic nitrogens is 1. The number of unbranched alkanes of at least 4 members (excludes halogenated alkanes) is 2. The molecule has 0 saturated carbocycles. The number of ketones is 1. The van der Waals surface area contributed by atoms with E-state index >= 15 is 0 Å². The smallest absolute Gasteiger partial charge is 0.350 e. The van der Waals surface area contributed by atoms with Crippen LogP contribution in [0.15, 0.2) is 48.0 Å². The largest absolute Gasteiger partial charge is 0.507 e. The first-order valence-corrected chi connectivity index (χ1v) is 15.0. The van der Waals surface area contributed by atoms with Gasteiger partial charge in [-0.1, -0.05) is 43.2 Å². The highest BCUT2D eigenvalue weighted by atomic mass is 32.1. The second kappa shape index (κ2) is 12.4. The van der Waals surface area contributed by atoms with Crippen LogP contribution in [0.4, 0.5) is 5.13 Å². The molecule has 0 spiro atoms. The third-order valence-corrected chi connectivity index (χ3v) is 8.39. The van der Waals surface area contributed by atoms with Crippen LogP contribution in [-0.2, 0) is 20.7 Å². The zero-order chi connectivity index (χ0) is 30.0. The molecule has 1 saturated heterocycles. The fraction of sp³-hybridized carbons (Fsp3) is 0.375. The van der Waals surface area contributed by atoms with Crippen molar-refractivity contribution in [2.24, 2.45) is 0 Å². The third-order valence-electron chi connectivity index (χ3n) is 7.26. The monoisotopic (exact) mass is 590 g/mol. The number of thiazole rings is 1. The summed E-state index contributed by atoms with van der Waals surface area (Å²) in [7, 11) is 0. The number of hydrogen-bond acceptors (Lipinski definition) is 9. The summed E-state index contributed by atoms with van der Waals surface area (Å²) in [6.07, 6.45) is 3.67. The lowest BCUT2D eigenvalue weighted by molar-refractivity contribution is -0.132. The first-order valence-electron chi connectivity index (χ1n) is 14.2. The maximum absolute atomic E-state index is 13.7. The van der Waals surface area contributed by atoms with Crippen LogP contribution in [0.2, 0.25) is 0 Å². The first kappa shape index (κ1) is 29.3. The van der Waals surface area contributed by atoms with Crippen molar-refractivity contribution < 1.29 is 33.7 Å². The highest BCUT2D eigenvalue weighted by molar-refractivity contribution is 7.17. The molecule has 2 aromatic carbocycles. The van der Waals surface area contributed by atoms with Crippen LogP contribution in [0.1, 0.15) is 78.1 Å². The number of aliphatic hydroxyl groups excluding tert-OH is 1. The molecule has 1 fully saturated rings. The van der Waals surface area contributed by atoms with E-state index < -0.39 is 23.7 Å². The zero-order valence-electron chi connectivity index (χ0n) is 24.1. The Labute approximate surface area is 248 Å². The van der Waals surface area contributed by atoms with Crippen molar-refractivity contribution in [1.82, 2.24) is 4.98 Å². The van der Waals surface area contributed by atoms with E-state index in [2.05, 4.69) is 11.9 Å². The van der Waals surface area contributed by atoms with Gasteiger partial charge in [-0.15, -0.1) is 0 Å². The zero-order valence-corrected chi connectivity index (χ0v) is 25.0. The summed E-state index contributed by atoms with van der Waals surface area (Å²) in [6.45, 7) is 8.15. The minimum atomic E-state index is -1.01. The molecule has 3 heterocycles. The highest BCUT2D eigenvalue weighted by Crippen LogP contribution is 2.45. The van der Waals surface area contributed by atoms with Crippen LogP contribution in [0.3, 0.4) is 0 Å². The van der Waals surface area contributed by atoms with E-state index in [1.807, 2.05) is 13.0 Å². The summed E-state index contributed by atoms with van der Waals surface area (Å²) in [4.78, 5) is 45.8. The van der Waals surface area contributed by atoms with Gasteiger partial charge in [0.05, 0.1) is 30.5 Å². The van der Waals surface area contributed by atoms with Crippen molar-refractivity contribution in [3.05, 3.63) is 75.3 Å². The highest BCUT2D eigenvalue weighted by Gasteiger charge is 2.48. The van der Waals surface area contributed by atoms with Gasteiger partial charge in [-0.05, 0) is 68.7 Å². The van der Waals surface area contributed by atoms with Crippen molar-refractivity contribution in [3.63, 3.8) is 0 Å². The number of carbonyl (C=O) groups is 3. The standard InChI is InChI=1S/C32H34N2O7S/c1-5-7-8-14-40-23-11-9-10-20(17-23)26-25(27(35)21-12-13-24-22(16-21)15-18(3)41-24)28(36)30(37)34(26)32-33-19(4)29(42-32)31(38)39-6-2/h9-13,16-18,26,35H,5-8,14-15H2,1-4H3/b27-25+/t18-,26-/m0/s1. The number of aryl methyl sites for hydroxylation is 1. The van der Waals surface area contributed by atoms with E-state index in [0.717, 1.165) is 41.9 Å². The maximum Gasteiger partial charge on any atom is 0.350 e. The molecule has 0 unspecified atom stereocenters. The molecule has 1 amide bonds. The molecule has 42 heavy (non-hydrogen) atoms. The van der Waals surface area contributed by atoms with Crippen molar-refractivity contribution in [1.29, 1.82) is 0 Å². The van der Waals surface area contributed by atoms with Gasteiger partial charge >= 0.3 is 11.9 Å². The molecule has 0 aliphatic carbocycles. The summed E-state index contributed by atoms with van der Waals surface area (Å²) >= 11 is 0.974. The lowest BCUT2D eigenvalue weighted by Crippen LogP contribution is -2.29. The molecule has 10 heteroatoms. The minimum absolute atomic E-state index is 0.00442. The Morgan fingerprint density at radius 2 is 1.98 bits per heavy atom. The number of benzene rings is 2. The first-order chi connectivity index (χ1) is 20.2. The maximum atomic E-state index is 13.7. The minimum Gasteiger partial charge on any atom is -0.507 e. The quantitative estimate of drug-likeness (QED) is 0.0984. The molecule has 2 aliphatic heterocycles. The van der Waals surface area contributed by atoms with Crippen molar-refractivity contribution in [3.8, 4) is 11.5 Å². The molecular formula is C32H34N2O7S. The van der Waals surface area contributed by atoms with E-state index in [0.29, 0.717) is 35.6 Å². The number of nitrogens with zero attached hydrogens (tertiary/aromatic N) is 2. The predicted octanol–water partition coefficient (Wildman–Crippen LogP) is 6.15. The van der Waals surface area contributed by atoms with Crippen LogP contribution in [0.5, 0.6) is 11.5 Å². The Kier molecular flexibility index (Phi) is 8.63. The Morgan fingerprint density at radius 1 is 1.17 bits per heavy atom. The number of hydrogen-bond donors (Lipinski definition) is 1. The molecule has 220 valence electrons. The number of rotatable bonds is 10. The van der Waals surface area contributed by atoms with Crippen LogP contribution in [0.25, 0.3) is 5.76 Å². The molecule has 0 radical (unpaired) electrons. The van der Waals surface area contributed by atoms with E-state index in [9.17, 15) is 19.5 Å². The SMILES string of the molecule is CCCCCOc1cccc([C@H]2/C(=C(\O)c3ccc4c(c3)C[C@H](C)O4)C(=O)C(=O)N2c2nc(C)c(C(=O)OCC)s2)c1. The fourth-order valence-electron chi connectivity index (χ4n) is 5.26. The topological polar surface area (TPSA) is 115 Å². The van der Waals surface area contributed by atoms with Crippen LogP contribution in [0, 0.1) is 6.92 Å². The number of anilines is 1. The Bertz CT molecular complexity index is 1560. The molecular weight excluding hydrogens is 556 g/mol. The summed E-state index contributed by atoms with van der Waals surface area (Å²) < 4.78 is 16.9. The second-order valence-corrected chi connectivity index (χ2v) is 11.4. The molecule has 2 aliphatic rings. The number of fused-ring (bicyclic) bond motifs is 1. The van der Waals surface area contributed by atoms with Gasteiger partial charge in [0.1, 0.15) is 28.2 Å². The van der Waals surface area contributed by atoms with Gasteiger partial charge in [0.15, 0.2) is 5.13 Å². The lowest BCUT2D eigenvalue weighted by atomic mass is 9.94. The number of amides is 1. The number of carbonyl (C=O) groups excluding carboxylic acids is 3. The summed E-state index contributed by atoms with van der Waals surface area (Å²) in [5.74, 6) is -1.23. The van der Waals surface area contributed by atoms with Crippen LogP contribution in [-0.4, -0.2) is 47.1 Å². The van der Waals surface area contributed by atoms with Crippen LogP contribution < -0.4 is 14.4 Å². The molecule has 1 aromatic heterocycles. The number of ether oxygens (including phenoxy) is 3. The van der Waals surface area contributed by atoms with Gasteiger partial charge in [0.2, 0.25) is 0 Å². The number of esters is 1. The average Bonchev–Trinajstić information content (AvgIpc) is 3.62. The Hall–Kier alpha value is -4.18. The second-order valence-electron chi connectivity index (χ2n) is 10.4. The van der Waals surface area contributed by atoms with Gasteiger partial charge in [-0.3, -0.25) is 14.5 Å². The normalized spacial score (nSPS) is 19.1. The van der Waals surface area contributed by atoms with Crippen molar-refractivity contribution in [2.75, 3.05) is 18.1 Å². The van der Waals surface area contributed by atoms with Crippen molar-refractivity contribution >= 4 is 39.9 Å². The Balaban J connectivity index is 1.62. The Morgan fingerprint density at radius 3 is 2.74 bits per heavy atom. The molecule has 3 aromatic rings. The van der Waals surface area contributed by atoms with Crippen LogP contribution >= 0.6 is 11.3 Å². The fourth-order valence-corrected chi connectivity index (χ4v) is 6.25. The van der Waals surface area contributed by atoms with Gasteiger partial charge < -0.3 is 19.3 Å². The van der Waals surface area contributed by atoms with E-state index in [-0.39, 0.29) is 34.1 Å². The van der Waals surface area contributed by atoms with E-state index in [4.69, 9.17) is 14.2 Å². The molecule has 2 atom stereocenters. The van der Waals surface area contributed by atoms with Gasteiger partial charge in [-0.2, -0.15) is 0 Å². The average molecular weight is 591 g/mol. The summed E-state index contributed by atoms with van der Waals surface area (Å²) in [5.41, 5.74) is 2.20.